The Kier molecular flexibility index (Phi) is 1.68. The van der Waals surface area contributed by atoms with Crippen LogP contribution in [0.5, 0.6) is 0 Å². The summed E-state index contributed by atoms with van der Waals surface area (Å²) in [5.41, 5.74) is 0.255. The molecule has 0 atom stereocenters. The van der Waals surface area contributed by atoms with Gasteiger partial charge < -0.3 is 0 Å². The Bertz CT molecular complexity index is 178. The largest absolute Gasteiger partial charge is 0.287 e. The SMILES string of the molecule is CSc1c(SC)c1=O. The van der Waals surface area contributed by atoms with E-state index < -0.39 is 0 Å². The highest BCUT2D eigenvalue weighted by atomic mass is 32.2. The Morgan fingerprint density at radius 2 is 1.50 bits per heavy atom. The van der Waals surface area contributed by atoms with Gasteiger partial charge in [-0.05, 0) is 12.5 Å². The maximum atomic E-state index is 10.6. The Balaban J connectivity index is 2.70. The van der Waals surface area contributed by atoms with Gasteiger partial charge in [0, 0.05) is 0 Å². The lowest BCUT2D eigenvalue weighted by Gasteiger charge is -1.73. The summed E-state index contributed by atoms with van der Waals surface area (Å²) < 4.78 is 0. The fourth-order valence-corrected chi connectivity index (χ4v) is 2.10. The summed E-state index contributed by atoms with van der Waals surface area (Å²) in [7, 11) is 0. The Labute approximate surface area is 56.5 Å². The molecule has 1 rings (SSSR count). The van der Waals surface area contributed by atoms with Crippen LogP contribution >= 0.6 is 23.5 Å². The van der Waals surface area contributed by atoms with Crippen LogP contribution < -0.4 is 5.43 Å². The Hall–Kier alpha value is 0.110. The molecule has 3 heteroatoms. The molecule has 0 spiro atoms. The predicted molar refractivity (Wildman–Crippen MR) is 38.6 cm³/mol. The van der Waals surface area contributed by atoms with Gasteiger partial charge in [0.15, 0.2) is 0 Å². The van der Waals surface area contributed by atoms with Crippen molar-refractivity contribution in [3.05, 3.63) is 10.2 Å². The van der Waals surface area contributed by atoms with Crippen molar-refractivity contribution in [2.75, 3.05) is 12.5 Å². The van der Waals surface area contributed by atoms with Gasteiger partial charge in [-0.2, -0.15) is 0 Å². The van der Waals surface area contributed by atoms with Crippen LogP contribution in [0.3, 0.4) is 0 Å². The van der Waals surface area contributed by atoms with E-state index in [1.54, 1.807) is 23.5 Å². The van der Waals surface area contributed by atoms with Gasteiger partial charge in [0.25, 0.3) is 0 Å². The maximum absolute atomic E-state index is 10.6. The van der Waals surface area contributed by atoms with Crippen LogP contribution in [0.25, 0.3) is 0 Å². The summed E-state index contributed by atoms with van der Waals surface area (Å²) in [4.78, 5) is 12.5. The first kappa shape index (κ1) is 6.23. The van der Waals surface area contributed by atoms with E-state index in [0.29, 0.717) is 0 Å². The number of hydrogen-bond acceptors (Lipinski definition) is 3. The lowest BCUT2D eigenvalue weighted by Crippen LogP contribution is -1.71. The van der Waals surface area contributed by atoms with Crippen LogP contribution in [-0.2, 0) is 0 Å². The van der Waals surface area contributed by atoms with Crippen molar-refractivity contribution in [3.63, 3.8) is 0 Å². The van der Waals surface area contributed by atoms with E-state index in [0.717, 1.165) is 9.79 Å². The minimum Gasteiger partial charge on any atom is -0.287 e. The van der Waals surface area contributed by atoms with E-state index in [1.807, 2.05) is 12.5 Å². The van der Waals surface area contributed by atoms with Crippen LogP contribution in [0.4, 0.5) is 0 Å². The minimum absolute atomic E-state index is 0.255. The lowest BCUT2D eigenvalue weighted by atomic mass is 11.1. The van der Waals surface area contributed by atoms with Gasteiger partial charge >= 0.3 is 0 Å². The molecule has 0 saturated heterocycles. The number of hydrogen-bond donors (Lipinski definition) is 0. The summed E-state index contributed by atoms with van der Waals surface area (Å²) >= 11 is 3.08. The average Bonchev–Trinajstić information content (AvgIpc) is 2.40. The highest BCUT2D eigenvalue weighted by molar-refractivity contribution is 8.02. The van der Waals surface area contributed by atoms with E-state index in [4.69, 9.17) is 0 Å². The summed E-state index contributed by atoms with van der Waals surface area (Å²) in [6.45, 7) is 0. The summed E-state index contributed by atoms with van der Waals surface area (Å²) in [5, 5.41) is 0. The zero-order chi connectivity index (χ0) is 6.15. The molecule has 0 unspecified atom stereocenters. The molecule has 1 nitrogen and oxygen atoms in total. The fraction of sp³-hybridized carbons (Fsp3) is 0.400. The second kappa shape index (κ2) is 2.15. The molecule has 1 aromatic carbocycles. The first-order valence-electron chi connectivity index (χ1n) is 2.18. The van der Waals surface area contributed by atoms with Crippen molar-refractivity contribution < 1.29 is 0 Å². The average molecular weight is 146 g/mol. The van der Waals surface area contributed by atoms with Crippen molar-refractivity contribution >= 4 is 23.5 Å². The predicted octanol–water partition coefficient (Wildman–Crippen LogP) is 1.37. The molecule has 0 aliphatic rings. The Morgan fingerprint density at radius 3 is 1.62 bits per heavy atom. The lowest BCUT2D eigenvalue weighted by molar-refractivity contribution is 1.66. The summed E-state index contributed by atoms with van der Waals surface area (Å²) in [6, 6.07) is 0. The molecule has 0 aliphatic carbocycles. The Morgan fingerprint density at radius 1 is 1.12 bits per heavy atom. The molecule has 1 aromatic rings. The molecule has 44 valence electrons. The summed E-state index contributed by atoms with van der Waals surface area (Å²) in [5.74, 6) is 0. The first-order valence-corrected chi connectivity index (χ1v) is 4.63. The van der Waals surface area contributed by atoms with E-state index >= 15 is 0 Å². The van der Waals surface area contributed by atoms with Crippen LogP contribution in [0.2, 0.25) is 0 Å². The molecular formula is C5H6OS2. The minimum atomic E-state index is 0.255. The highest BCUT2D eigenvalue weighted by Gasteiger charge is 2.19. The third-order valence-corrected chi connectivity index (χ3v) is 2.69. The molecule has 0 amide bonds. The van der Waals surface area contributed by atoms with Crippen molar-refractivity contribution in [1.82, 2.24) is 0 Å². The van der Waals surface area contributed by atoms with E-state index in [2.05, 4.69) is 0 Å². The van der Waals surface area contributed by atoms with Gasteiger partial charge in [-0.1, -0.05) is 0 Å². The van der Waals surface area contributed by atoms with Crippen molar-refractivity contribution in [2.24, 2.45) is 0 Å². The van der Waals surface area contributed by atoms with Crippen LogP contribution in [0, 0.1) is 0 Å². The molecule has 0 bridgehead atoms. The van der Waals surface area contributed by atoms with Crippen LogP contribution in [0.1, 0.15) is 0 Å². The van der Waals surface area contributed by atoms with E-state index in [9.17, 15) is 4.79 Å². The number of thioether (sulfide) groups is 2. The first-order chi connectivity index (χ1) is 3.81. The quantitative estimate of drug-likeness (QED) is 0.586. The van der Waals surface area contributed by atoms with Gasteiger partial charge in [-0.15, -0.1) is 23.5 Å². The molecular weight excluding hydrogens is 140 g/mol. The van der Waals surface area contributed by atoms with Gasteiger partial charge in [0.2, 0.25) is 5.43 Å². The van der Waals surface area contributed by atoms with Gasteiger partial charge in [-0.3, -0.25) is 4.79 Å². The fourth-order valence-electron chi connectivity index (χ4n) is 0.510. The van der Waals surface area contributed by atoms with Gasteiger partial charge in [0.1, 0.15) is 0 Å². The molecule has 0 radical (unpaired) electrons. The normalized spacial score (nSPS) is 10.8. The highest BCUT2D eigenvalue weighted by Crippen LogP contribution is 2.29. The standard InChI is InChI=1S/C5H6OS2/c1-7-4-3(6)5(4)8-2/h1-2H3. The monoisotopic (exact) mass is 146 g/mol. The van der Waals surface area contributed by atoms with Crippen LogP contribution in [0.15, 0.2) is 14.6 Å². The van der Waals surface area contributed by atoms with Crippen molar-refractivity contribution in [3.8, 4) is 0 Å². The van der Waals surface area contributed by atoms with Crippen molar-refractivity contribution in [1.29, 1.82) is 0 Å². The second-order valence-corrected chi connectivity index (χ2v) is 3.03. The molecule has 0 saturated carbocycles. The molecule has 8 heavy (non-hydrogen) atoms. The van der Waals surface area contributed by atoms with E-state index in [1.165, 1.54) is 0 Å². The molecule has 0 N–H and O–H groups in total. The zero-order valence-corrected chi connectivity index (χ0v) is 6.36. The molecule has 0 heterocycles. The molecule has 0 aliphatic heterocycles. The maximum Gasteiger partial charge on any atom is 0.208 e. The molecule has 0 fully saturated rings. The molecule has 0 aromatic heterocycles. The van der Waals surface area contributed by atoms with Gasteiger partial charge in [-0.25, -0.2) is 0 Å². The summed E-state index contributed by atoms with van der Waals surface area (Å²) in [6.07, 6.45) is 3.85. The third kappa shape index (κ3) is 0.801. The van der Waals surface area contributed by atoms with Crippen LogP contribution in [-0.4, -0.2) is 12.5 Å². The number of rotatable bonds is 2. The third-order valence-electron chi connectivity index (χ3n) is 0.964. The zero-order valence-electron chi connectivity index (χ0n) is 4.72. The van der Waals surface area contributed by atoms with Crippen molar-refractivity contribution in [2.45, 2.75) is 9.79 Å². The smallest absolute Gasteiger partial charge is 0.208 e. The second-order valence-electron chi connectivity index (χ2n) is 1.40. The topological polar surface area (TPSA) is 17.1 Å². The van der Waals surface area contributed by atoms with E-state index in [-0.39, 0.29) is 5.43 Å². The van der Waals surface area contributed by atoms with Gasteiger partial charge in [0.05, 0.1) is 9.79 Å².